The van der Waals surface area contributed by atoms with Gasteiger partial charge in [-0.15, -0.1) is 14.8 Å². The quantitative estimate of drug-likeness (QED) is 0.755. The molecule has 2 aromatic heterocycles. The number of carboxylic acids is 1. The third-order valence-electron chi connectivity index (χ3n) is 2.37. The minimum atomic E-state index is -0.796. The van der Waals surface area contributed by atoms with Gasteiger partial charge in [-0.25, -0.2) is 0 Å². The lowest BCUT2D eigenvalue weighted by molar-refractivity contribution is -0.141. The largest absolute Gasteiger partial charge is 0.481 e. The highest BCUT2D eigenvalue weighted by Gasteiger charge is 2.10. The molecule has 17 heavy (non-hydrogen) atoms. The zero-order valence-electron chi connectivity index (χ0n) is 9.24. The van der Waals surface area contributed by atoms with Gasteiger partial charge in [0.05, 0.1) is 5.92 Å². The molecule has 2 rings (SSSR count). The molecule has 0 fully saturated rings. The van der Waals surface area contributed by atoms with E-state index in [2.05, 4.69) is 25.9 Å². The van der Waals surface area contributed by atoms with E-state index < -0.39 is 5.97 Å². The fourth-order valence-electron chi connectivity index (χ4n) is 1.28. The predicted molar refractivity (Wildman–Crippen MR) is 58.5 cm³/mol. The standard InChI is InChI=1S/C9H12N6O2/c1-6(9(16)17)4-5-10-7-2-3-8-11-13-14-15(8)12-7/h2-3,6H,4-5H2,1H3,(H,10,12)(H,16,17). The second kappa shape index (κ2) is 4.73. The molecule has 0 aromatic carbocycles. The summed E-state index contributed by atoms with van der Waals surface area (Å²) in [6.45, 7) is 2.20. The lowest BCUT2D eigenvalue weighted by Crippen LogP contribution is -2.15. The van der Waals surface area contributed by atoms with Crippen molar-refractivity contribution in [3.63, 3.8) is 0 Å². The number of fused-ring (bicyclic) bond motifs is 1. The SMILES string of the molecule is CC(CCNc1ccc2nnnn2n1)C(=O)O. The van der Waals surface area contributed by atoms with Crippen molar-refractivity contribution in [2.75, 3.05) is 11.9 Å². The Hall–Kier alpha value is -2.25. The van der Waals surface area contributed by atoms with Crippen molar-refractivity contribution < 1.29 is 9.90 Å². The minimum Gasteiger partial charge on any atom is -0.481 e. The molecular weight excluding hydrogens is 224 g/mol. The first-order chi connectivity index (χ1) is 8.16. The van der Waals surface area contributed by atoms with Crippen LogP contribution in [0.3, 0.4) is 0 Å². The second-order valence-corrected chi connectivity index (χ2v) is 3.70. The van der Waals surface area contributed by atoms with E-state index in [0.717, 1.165) is 0 Å². The highest BCUT2D eigenvalue weighted by Crippen LogP contribution is 2.05. The predicted octanol–water partition coefficient (Wildman–Crippen LogP) is 0.0420. The molecule has 1 atom stereocenters. The monoisotopic (exact) mass is 236 g/mol. The molecule has 8 nitrogen and oxygen atoms in total. The summed E-state index contributed by atoms with van der Waals surface area (Å²) < 4.78 is 1.31. The maximum atomic E-state index is 10.6. The second-order valence-electron chi connectivity index (χ2n) is 3.70. The summed E-state index contributed by atoms with van der Waals surface area (Å²) in [4.78, 5) is 10.6. The van der Waals surface area contributed by atoms with Crippen LogP contribution in [0.4, 0.5) is 5.82 Å². The van der Waals surface area contributed by atoms with Gasteiger partial charge in [-0.1, -0.05) is 6.92 Å². The fourth-order valence-corrected chi connectivity index (χ4v) is 1.28. The third kappa shape index (κ3) is 2.65. The van der Waals surface area contributed by atoms with Crippen molar-refractivity contribution in [1.82, 2.24) is 25.3 Å². The Kier molecular flexibility index (Phi) is 3.12. The maximum absolute atomic E-state index is 10.6. The van der Waals surface area contributed by atoms with E-state index in [4.69, 9.17) is 5.11 Å². The third-order valence-corrected chi connectivity index (χ3v) is 2.37. The molecule has 0 bridgehead atoms. The molecule has 2 heterocycles. The van der Waals surface area contributed by atoms with Gasteiger partial charge in [0.25, 0.3) is 0 Å². The van der Waals surface area contributed by atoms with Gasteiger partial charge in [0, 0.05) is 6.54 Å². The van der Waals surface area contributed by atoms with Crippen LogP contribution in [0.25, 0.3) is 5.65 Å². The van der Waals surface area contributed by atoms with Crippen LogP contribution in [0.5, 0.6) is 0 Å². The Balaban J connectivity index is 1.92. The number of carbonyl (C=O) groups is 1. The molecule has 0 aliphatic heterocycles. The molecule has 0 radical (unpaired) electrons. The zero-order chi connectivity index (χ0) is 12.3. The molecular formula is C9H12N6O2. The molecule has 0 aliphatic rings. The number of carboxylic acid groups (broad SMARTS) is 1. The van der Waals surface area contributed by atoms with Gasteiger partial charge in [0.2, 0.25) is 0 Å². The summed E-state index contributed by atoms with van der Waals surface area (Å²) in [5, 5.41) is 26.7. The molecule has 8 heteroatoms. The molecule has 0 aliphatic carbocycles. The van der Waals surface area contributed by atoms with Gasteiger partial charge >= 0.3 is 5.97 Å². The number of anilines is 1. The average Bonchev–Trinajstić information content (AvgIpc) is 2.75. The molecule has 0 amide bonds. The van der Waals surface area contributed by atoms with Crippen LogP contribution in [-0.4, -0.2) is 42.9 Å². The van der Waals surface area contributed by atoms with Gasteiger partial charge in [0.15, 0.2) is 5.65 Å². The number of hydrogen-bond acceptors (Lipinski definition) is 6. The van der Waals surface area contributed by atoms with Gasteiger partial charge < -0.3 is 10.4 Å². The van der Waals surface area contributed by atoms with E-state index in [1.807, 2.05) is 0 Å². The van der Waals surface area contributed by atoms with Crippen LogP contribution in [-0.2, 0) is 4.79 Å². The van der Waals surface area contributed by atoms with Crippen molar-refractivity contribution >= 4 is 17.4 Å². The molecule has 2 N–H and O–H groups in total. The normalized spacial score (nSPS) is 12.5. The van der Waals surface area contributed by atoms with Crippen LogP contribution in [0.15, 0.2) is 12.1 Å². The summed E-state index contributed by atoms with van der Waals surface area (Å²) in [5.41, 5.74) is 0.564. The van der Waals surface area contributed by atoms with Gasteiger partial charge in [-0.2, -0.15) is 0 Å². The number of nitrogens with one attached hydrogen (secondary N) is 1. The van der Waals surface area contributed by atoms with Crippen molar-refractivity contribution in [2.45, 2.75) is 13.3 Å². The van der Waals surface area contributed by atoms with Crippen molar-refractivity contribution in [2.24, 2.45) is 5.92 Å². The van der Waals surface area contributed by atoms with Gasteiger partial charge in [-0.3, -0.25) is 4.79 Å². The zero-order valence-corrected chi connectivity index (χ0v) is 9.24. The highest BCUT2D eigenvalue weighted by atomic mass is 16.4. The van der Waals surface area contributed by atoms with E-state index in [1.54, 1.807) is 19.1 Å². The molecule has 0 saturated carbocycles. The topological polar surface area (TPSA) is 105 Å². The van der Waals surface area contributed by atoms with Gasteiger partial charge in [-0.05, 0) is 29.0 Å². The first kappa shape index (κ1) is 11.2. The number of aliphatic carboxylic acids is 1. The number of rotatable bonds is 5. The summed E-state index contributed by atoms with van der Waals surface area (Å²) >= 11 is 0. The molecule has 0 saturated heterocycles. The van der Waals surface area contributed by atoms with Crippen LogP contribution < -0.4 is 5.32 Å². The summed E-state index contributed by atoms with van der Waals surface area (Å²) in [5.74, 6) is -0.558. The molecule has 2 aromatic rings. The van der Waals surface area contributed by atoms with E-state index >= 15 is 0 Å². The van der Waals surface area contributed by atoms with Crippen molar-refractivity contribution in [3.05, 3.63) is 12.1 Å². The Morgan fingerprint density at radius 2 is 2.41 bits per heavy atom. The number of tetrazole rings is 1. The maximum Gasteiger partial charge on any atom is 0.306 e. The van der Waals surface area contributed by atoms with E-state index in [-0.39, 0.29) is 5.92 Å². The highest BCUT2D eigenvalue weighted by molar-refractivity contribution is 5.69. The van der Waals surface area contributed by atoms with Crippen LogP contribution >= 0.6 is 0 Å². The van der Waals surface area contributed by atoms with E-state index in [9.17, 15) is 4.79 Å². The average molecular weight is 236 g/mol. The number of hydrogen-bond donors (Lipinski definition) is 2. The van der Waals surface area contributed by atoms with Crippen LogP contribution in [0, 0.1) is 5.92 Å². The van der Waals surface area contributed by atoms with Crippen molar-refractivity contribution in [3.8, 4) is 0 Å². The Labute approximate surface area is 96.6 Å². The lowest BCUT2D eigenvalue weighted by atomic mass is 10.1. The number of nitrogens with zero attached hydrogens (tertiary/aromatic N) is 5. The van der Waals surface area contributed by atoms with Crippen LogP contribution in [0.2, 0.25) is 0 Å². The molecule has 0 spiro atoms. The Morgan fingerprint density at radius 1 is 1.59 bits per heavy atom. The first-order valence-corrected chi connectivity index (χ1v) is 5.19. The first-order valence-electron chi connectivity index (χ1n) is 5.19. The summed E-state index contributed by atoms with van der Waals surface area (Å²) in [6.07, 6.45) is 0.532. The summed E-state index contributed by atoms with van der Waals surface area (Å²) in [6, 6.07) is 3.48. The Morgan fingerprint density at radius 3 is 3.18 bits per heavy atom. The fraction of sp³-hybridized carbons (Fsp3) is 0.444. The minimum absolute atomic E-state index is 0.376. The van der Waals surface area contributed by atoms with Crippen molar-refractivity contribution in [1.29, 1.82) is 0 Å². The van der Waals surface area contributed by atoms with E-state index in [1.165, 1.54) is 4.63 Å². The van der Waals surface area contributed by atoms with E-state index in [0.29, 0.717) is 24.4 Å². The van der Waals surface area contributed by atoms with Gasteiger partial charge in [0.1, 0.15) is 5.82 Å². The number of aromatic nitrogens is 5. The summed E-state index contributed by atoms with van der Waals surface area (Å²) in [7, 11) is 0. The smallest absolute Gasteiger partial charge is 0.306 e. The Bertz CT molecular complexity index is 525. The van der Waals surface area contributed by atoms with Crippen LogP contribution in [0.1, 0.15) is 13.3 Å². The molecule has 1 unspecified atom stereocenters. The molecule has 90 valence electrons. The lowest BCUT2D eigenvalue weighted by Gasteiger charge is -2.07.